The molecule has 3 rings (SSSR count). The predicted molar refractivity (Wildman–Crippen MR) is 156 cm³/mol. The summed E-state index contributed by atoms with van der Waals surface area (Å²) in [7, 11) is 0. The van der Waals surface area contributed by atoms with Gasteiger partial charge in [0.15, 0.2) is 0 Å². The summed E-state index contributed by atoms with van der Waals surface area (Å²) in [5, 5.41) is 38.0. The van der Waals surface area contributed by atoms with Crippen molar-refractivity contribution >= 4 is 34.6 Å². The lowest BCUT2D eigenvalue weighted by atomic mass is 9.96. The third-order valence-electron chi connectivity index (χ3n) is 7.30. The van der Waals surface area contributed by atoms with Crippen LogP contribution >= 0.6 is 0 Å². The highest BCUT2D eigenvalue weighted by Gasteiger charge is 2.34. The van der Waals surface area contributed by atoms with Crippen LogP contribution in [0.3, 0.4) is 0 Å². The van der Waals surface area contributed by atoms with Crippen molar-refractivity contribution in [3.63, 3.8) is 0 Å². The number of H-pyrrole nitrogens is 1. The first-order valence-corrected chi connectivity index (χ1v) is 13.8. The van der Waals surface area contributed by atoms with Gasteiger partial charge in [0.2, 0.25) is 17.7 Å². The number of aromatic amines is 1. The summed E-state index contributed by atoms with van der Waals surface area (Å²) in [5.41, 5.74) is 8.29. The Kier molecular flexibility index (Phi) is 11.1. The molecule has 12 heteroatoms. The zero-order valence-corrected chi connectivity index (χ0v) is 23.8. The summed E-state index contributed by atoms with van der Waals surface area (Å²) in [4.78, 5) is 54.5. The number of amides is 3. The number of phenols is 1. The number of aliphatic hydroxyl groups is 1. The summed E-state index contributed by atoms with van der Waals surface area (Å²) < 4.78 is 0. The second-order valence-electron chi connectivity index (χ2n) is 10.5. The van der Waals surface area contributed by atoms with E-state index < -0.39 is 54.0 Å². The molecule has 0 saturated heterocycles. The van der Waals surface area contributed by atoms with Gasteiger partial charge in [-0.2, -0.15) is 0 Å². The van der Waals surface area contributed by atoms with Crippen LogP contribution in [-0.4, -0.2) is 74.3 Å². The summed E-state index contributed by atoms with van der Waals surface area (Å²) in [6.45, 7) is 4.87. The molecule has 0 spiro atoms. The first-order valence-electron chi connectivity index (χ1n) is 13.8. The second kappa shape index (κ2) is 14.5. The van der Waals surface area contributed by atoms with Crippen LogP contribution in [0.15, 0.2) is 54.7 Å². The number of fused-ring (bicyclic) bond motifs is 1. The van der Waals surface area contributed by atoms with Crippen LogP contribution < -0.4 is 21.7 Å². The summed E-state index contributed by atoms with van der Waals surface area (Å²) in [5.74, 6) is -3.76. The quantitative estimate of drug-likeness (QED) is 0.137. The van der Waals surface area contributed by atoms with Gasteiger partial charge < -0.3 is 42.0 Å². The first kappa shape index (κ1) is 32.1. The van der Waals surface area contributed by atoms with Crippen LogP contribution in [0, 0.1) is 5.92 Å². The number of carboxylic acids is 1. The smallest absolute Gasteiger partial charge is 0.326 e. The monoisotopic (exact) mass is 581 g/mol. The van der Waals surface area contributed by atoms with E-state index in [0.29, 0.717) is 17.5 Å². The van der Waals surface area contributed by atoms with E-state index in [2.05, 4.69) is 20.9 Å². The van der Waals surface area contributed by atoms with Crippen molar-refractivity contribution in [2.45, 2.75) is 70.3 Å². The maximum absolute atomic E-state index is 13.3. The van der Waals surface area contributed by atoms with Gasteiger partial charge in [-0.05, 0) is 48.6 Å². The zero-order chi connectivity index (χ0) is 31.0. The number of aromatic nitrogens is 1. The molecule has 0 radical (unpaired) electrons. The fraction of sp³-hybridized carbons (Fsp3) is 0.400. The van der Waals surface area contributed by atoms with Crippen molar-refractivity contribution in [1.29, 1.82) is 0 Å². The van der Waals surface area contributed by atoms with E-state index in [-0.39, 0.29) is 24.5 Å². The van der Waals surface area contributed by atoms with E-state index in [4.69, 9.17) is 5.73 Å². The Hall–Kier alpha value is -4.42. The number of benzene rings is 2. The molecular formula is C30H39N5O7. The molecule has 226 valence electrons. The SMILES string of the molecule is CCC(C)C(NC(=O)C(N)Cc1ccc(O)cc1)C(=O)NC(C(=O)NC(Cc1c[nH]c2ccccc12)C(=O)O)C(C)O. The van der Waals surface area contributed by atoms with Crippen molar-refractivity contribution in [3.8, 4) is 5.75 Å². The third-order valence-corrected chi connectivity index (χ3v) is 7.30. The minimum Gasteiger partial charge on any atom is -0.508 e. The maximum Gasteiger partial charge on any atom is 0.326 e. The molecule has 0 aliphatic heterocycles. The van der Waals surface area contributed by atoms with Crippen LogP contribution in [0.5, 0.6) is 5.75 Å². The lowest BCUT2D eigenvalue weighted by Gasteiger charge is -2.29. The number of aliphatic hydroxyl groups excluding tert-OH is 1. The van der Waals surface area contributed by atoms with Crippen LogP contribution in [-0.2, 0) is 32.0 Å². The molecule has 0 saturated carbocycles. The van der Waals surface area contributed by atoms with Gasteiger partial charge in [0.05, 0.1) is 12.1 Å². The van der Waals surface area contributed by atoms with Crippen molar-refractivity contribution in [3.05, 3.63) is 65.9 Å². The van der Waals surface area contributed by atoms with E-state index in [9.17, 15) is 34.5 Å². The molecule has 6 atom stereocenters. The van der Waals surface area contributed by atoms with E-state index in [1.165, 1.54) is 19.1 Å². The van der Waals surface area contributed by atoms with Crippen molar-refractivity contribution in [1.82, 2.24) is 20.9 Å². The number of aromatic hydroxyl groups is 1. The molecule has 6 unspecified atom stereocenters. The molecule has 9 N–H and O–H groups in total. The third kappa shape index (κ3) is 8.30. The fourth-order valence-electron chi connectivity index (χ4n) is 4.57. The minimum absolute atomic E-state index is 0.0317. The Morgan fingerprint density at radius 1 is 0.881 bits per heavy atom. The van der Waals surface area contributed by atoms with Gasteiger partial charge in [0, 0.05) is 23.5 Å². The van der Waals surface area contributed by atoms with Crippen LogP contribution in [0.2, 0.25) is 0 Å². The van der Waals surface area contributed by atoms with Crippen LogP contribution in [0.1, 0.15) is 38.3 Å². The number of carbonyl (C=O) groups excluding carboxylic acids is 3. The van der Waals surface area contributed by atoms with E-state index >= 15 is 0 Å². The molecule has 0 fully saturated rings. The first-order chi connectivity index (χ1) is 19.9. The van der Waals surface area contributed by atoms with Crippen LogP contribution in [0.4, 0.5) is 0 Å². The molecule has 3 aromatic rings. The Morgan fingerprint density at radius 2 is 1.50 bits per heavy atom. The number of rotatable bonds is 14. The average Bonchev–Trinajstić information content (AvgIpc) is 3.37. The average molecular weight is 582 g/mol. The van der Waals surface area contributed by atoms with Gasteiger partial charge in [-0.15, -0.1) is 0 Å². The highest BCUT2D eigenvalue weighted by atomic mass is 16.4. The zero-order valence-electron chi connectivity index (χ0n) is 23.8. The van der Waals surface area contributed by atoms with Gasteiger partial charge in [-0.3, -0.25) is 14.4 Å². The lowest BCUT2D eigenvalue weighted by Crippen LogP contribution is -2.61. The van der Waals surface area contributed by atoms with Gasteiger partial charge >= 0.3 is 5.97 Å². The molecule has 3 amide bonds. The molecule has 0 aliphatic carbocycles. The Morgan fingerprint density at radius 3 is 2.12 bits per heavy atom. The summed E-state index contributed by atoms with van der Waals surface area (Å²) in [6.07, 6.45) is 0.930. The molecule has 1 aromatic heterocycles. The fourth-order valence-corrected chi connectivity index (χ4v) is 4.57. The number of carboxylic acid groups (broad SMARTS) is 1. The van der Waals surface area contributed by atoms with E-state index in [1.807, 2.05) is 31.2 Å². The molecular weight excluding hydrogens is 542 g/mol. The highest BCUT2D eigenvalue weighted by Crippen LogP contribution is 2.19. The normalized spacial score (nSPS) is 15.5. The number of nitrogens with two attached hydrogens (primary N) is 1. The molecule has 0 aliphatic rings. The Labute approximate surface area is 243 Å². The number of hydrogen-bond acceptors (Lipinski definition) is 7. The largest absolute Gasteiger partial charge is 0.508 e. The maximum atomic E-state index is 13.3. The number of para-hydroxylation sites is 1. The molecule has 2 aromatic carbocycles. The number of carbonyl (C=O) groups is 4. The Balaban J connectivity index is 1.69. The highest BCUT2D eigenvalue weighted by molar-refractivity contribution is 5.95. The Bertz CT molecular complexity index is 1390. The lowest BCUT2D eigenvalue weighted by molar-refractivity contribution is -0.143. The second-order valence-corrected chi connectivity index (χ2v) is 10.5. The molecule has 12 nitrogen and oxygen atoms in total. The topological polar surface area (TPSA) is 207 Å². The molecule has 1 heterocycles. The number of phenolic OH excluding ortho intramolecular Hbond substituents is 1. The standard InChI is InChI=1S/C30H39N5O7/c1-4-16(2)25(34-27(38)22(31)13-18-9-11-20(37)12-10-18)28(39)35-26(17(3)36)29(40)33-24(30(41)42)14-19-15-32-23-8-6-5-7-21(19)23/h5-12,15-17,22,24-26,32,36-37H,4,13-14,31H2,1-3H3,(H,33,40)(H,34,38)(H,35,39)(H,41,42). The number of nitrogens with one attached hydrogen (secondary N) is 4. The molecule has 42 heavy (non-hydrogen) atoms. The predicted octanol–water partition coefficient (Wildman–Crippen LogP) is 0.952. The number of aliphatic carboxylic acids is 1. The van der Waals surface area contributed by atoms with Crippen molar-refractivity contribution in [2.75, 3.05) is 0 Å². The minimum atomic E-state index is -1.49. The van der Waals surface area contributed by atoms with Crippen LogP contribution in [0.25, 0.3) is 10.9 Å². The van der Waals surface area contributed by atoms with Crippen molar-refractivity contribution in [2.24, 2.45) is 11.7 Å². The molecule has 0 bridgehead atoms. The van der Waals surface area contributed by atoms with E-state index in [1.54, 1.807) is 25.3 Å². The summed E-state index contributed by atoms with van der Waals surface area (Å²) >= 11 is 0. The van der Waals surface area contributed by atoms with E-state index in [0.717, 1.165) is 10.9 Å². The summed E-state index contributed by atoms with van der Waals surface area (Å²) in [6, 6.07) is 8.67. The van der Waals surface area contributed by atoms with Gasteiger partial charge in [-0.1, -0.05) is 50.6 Å². The van der Waals surface area contributed by atoms with Gasteiger partial charge in [0.25, 0.3) is 0 Å². The van der Waals surface area contributed by atoms with Gasteiger partial charge in [0.1, 0.15) is 23.9 Å². The van der Waals surface area contributed by atoms with Gasteiger partial charge in [-0.25, -0.2) is 4.79 Å². The number of hydrogen-bond donors (Lipinski definition) is 8. The van der Waals surface area contributed by atoms with Crippen molar-refractivity contribution < 1.29 is 34.5 Å².